The Bertz CT molecular complexity index is 610. The Morgan fingerprint density at radius 2 is 2.00 bits per heavy atom. The molecule has 2 atom stereocenters. The third kappa shape index (κ3) is 3.02. The Morgan fingerprint density at radius 3 is 2.60 bits per heavy atom. The van der Waals surface area contributed by atoms with E-state index >= 15 is 0 Å². The summed E-state index contributed by atoms with van der Waals surface area (Å²) in [5, 5.41) is 10.3. The number of para-hydroxylation sites is 1. The van der Waals surface area contributed by atoms with Crippen LogP contribution in [0.25, 0.3) is 10.9 Å². The molecule has 0 radical (unpaired) electrons. The van der Waals surface area contributed by atoms with Gasteiger partial charge in [0.05, 0.1) is 0 Å². The molecule has 4 heteroatoms. The van der Waals surface area contributed by atoms with Gasteiger partial charge in [0, 0.05) is 23.0 Å². The van der Waals surface area contributed by atoms with Gasteiger partial charge in [0.2, 0.25) is 0 Å². The van der Waals surface area contributed by atoms with Crippen LogP contribution in [0.4, 0.5) is 0 Å². The maximum Gasteiger partial charge on any atom is 0.321 e. The number of benzene rings is 1. The number of nitrogens with one attached hydrogen (secondary N) is 1. The first-order chi connectivity index (χ1) is 9.29. The van der Waals surface area contributed by atoms with E-state index in [-0.39, 0.29) is 11.3 Å². The fourth-order valence-corrected chi connectivity index (χ4v) is 2.66. The Labute approximate surface area is 119 Å². The summed E-state index contributed by atoms with van der Waals surface area (Å²) in [6.45, 7) is 6.30. The van der Waals surface area contributed by atoms with Crippen molar-refractivity contribution in [3.05, 3.63) is 36.0 Å². The molecule has 2 rings (SSSR count). The Balaban J connectivity index is 2.47. The third-order valence-corrected chi connectivity index (χ3v) is 3.57. The Kier molecular flexibility index (Phi) is 3.86. The second-order valence-corrected chi connectivity index (χ2v) is 6.52. The van der Waals surface area contributed by atoms with Crippen LogP contribution >= 0.6 is 0 Å². The standard InChI is InChI=1S/C16H22N2O2/c1-16(2,3)8-11(14(17)15(19)20)12-9-18-13-7-5-4-6-10(12)13/h4-7,9,11,14,18H,8,17H2,1-3H3,(H,19,20)/t11-,14-/m0/s1. The molecule has 0 bridgehead atoms. The number of H-pyrrole nitrogens is 1. The molecule has 0 fully saturated rings. The summed E-state index contributed by atoms with van der Waals surface area (Å²) in [5.74, 6) is -1.16. The fraction of sp³-hybridized carbons (Fsp3) is 0.438. The molecule has 1 aromatic heterocycles. The minimum atomic E-state index is -0.954. The third-order valence-electron chi connectivity index (χ3n) is 3.57. The molecule has 0 aliphatic heterocycles. The van der Waals surface area contributed by atoms with Crippen LogP contribution in [0, 0.1) is 5.41 Å². The number of carboxylic acid groups (broad SMARTS) is 1. The first-order valence-electron chi connectivity index (χ1n) is 6.84. The van der Waals surface area contributed by atoms with Crippen LogP contribution in [0.5, 0.6) is 0 Å². The molecule has 0 saturated heterocycles. The Hall–Kier alpha value is -1.81. The van der Waals surface area contributed by atoms with E-state index < -0.39 is 12.0 Å². The highest BCUT2D eigenvalue weighted by Crippen LogP contribution is 2.36. The molecule has 0 aliphatic carbocycles. The minimum absolute atomic E-state index is 0.0100. The zero-order valence-corrected chi connectivity index (χ0v) is 12.2. The summed E-state index contributed by atoms with van der Waals surface area (Å²) >= 11 is 0. The largest absolute Gasteiger partial charge is 0.480 e. The molecule has 0 aliphatic rings. The topological polar surface area (TPSA) is 79.1 Å². The quantitative estimate of drug-likeness (QED) is 0.801. The van der Waals surface area contributed by atoms with E-state index in [4.69, 9.17) is 5.73 Å². The second kappa shape index (κ2) is 5.29. The van der Waals surface area contributed by atoms with Crippen molar-refractivity contribution >= 4 is 16.9 Å². The average molecular weight is 274 g/mol. The van der Waals surface area contributed by atoms with Gasteiger partial charge in [-0.05, 0) is 23.5 Å². The monoisotopic (exact) mass is 274 g/mol. The normalized spacial score (nSPS) is 15.2. The van der Waals surface area contributed by atoms with Crippen LogP contribution in [0.1, 0.15) is 38.7 Å². The zero-order chi connectivity index (χ0) is 14.9. The van der Waals surface area contributed by atoms with Crippen molar-refractivity contribution in [2.45, 2.75) is 39.2 Å². The van der Waals surface area contributed by atoms with Crippen molar-refractivity contribution in [3.8, 4) is 0 Å². The van der Waals surface area contributed by atoms with Gasteiger partial charge in [0.1, 0.15) is 6.04 Å². The van der Waals surface area contributed by atoms with Crippen LogP contribution in [-0.2, 0) is 4.79 Å². The molecule has 1 aromatic carbocycles. The highest BCUT2D eigenvalue weighted by Gasteiger charge is 2.31. The molecule has 0 saturated carbocycles. The van der Waals surface area contributed by atoms with E-state index in [1.807, 2.05) is 30.5 Å². The highest BCUT2D eigenvalue weighted by molar-refractivity contribution is 5.85. The molecule has 0 amide bonds. The smallest absolute Gasteiger partial charge is 0.321 e. The number of rotatable bonds is 4. The predicted molar refractivity (Wildman–Crippen MR) is 80.7 cm³/mol. The van der Waals surface area contributed by atoms with E-state index in [0.29, 0.717) is 0 Å². The summed E-state index contributed by atoms with van der Waals surface area (Å²) in [6.07, 6.45) is 2.62. The number of carboxylic acids is 1. The molecule has 20 heavy (non-hydrogen) atoms. The van der Waals surface area contributed by atoms with E-state index in [2.05, 4.69) is 25.8 Å². The number of aromatic amines is 1. The number of carbonyl (C=O) groups is 1. The molecule has 108 valence electrons. The Morgan fingerprint density at radius 1 is 1.35 bits per heavy atom. The van der Waals surface area contributed by atoms with E-state index in [1.54, 1.807) is 0 Å². The molecule has 0 unspecified atom stereocenters. The number of hydrogen-bond donors (Lipinski definition) is 3. The van der Waals surface area contributed by atoms with Crippen molar-refractivity contribution in [1.29, 1.82) is 0 Å². The summed E-state index contributed by atoms with van der Waals surface area (Å²) in [7, 11) is 0. The number of aliphatic carboxylic acids is 1. The zero-order valence-electron chi connectivity index (χ0n) is 12.2. The van der Waals surface area contributed by atoms with Crippen LogP contribution in [0.3, 0.4) is 0 Å². The van der Waals surface area contributed by atoms with E-state index in [9.17, 15) is 9.90 Å². The average Bonchev–Trinajstić information content (AvgIpc) is 2.77. The first-order valence-corrected chi connectivity index (χ1v) is 6.84. The molecule has 2 aromatic rings. The van der Waals surface area contributed by atoms with Gasteiger partial charge in [-0.1, -0.05) is 39.0 Å². The maximum atomic E-state index is 11.3. The highest BCUT2D eigenvalue weighted by atomic mass is 16.4. The molecular formula is C16H22N2O2. The van der Waals surface area contributed by atoms with Crippen LogP contribution in [-0.4, -0.2) is 22.1 Å². The molecular weight excluding hydrogens is 252 g/mol. The van der Waals surface area contributed by atoms with Crippen molar-refractivity contribution < 1.29 is 9.90 Å². The lowest BCUT2D eigenvalue weighted by Crippen LogP contribution is -2.38. The fourth-order valence-electron chi connectivity index (χ4n) is 2.66. The summed E-state index contributed by atoms with van der Waals surface area (Å²) < 4.78 is 0. The lowest BCUT2D eigenvalue weighted by Gasteiger charge is -2.28. The number of fused-ring (bicyclic) bond motifs is 1. The van der Waals surface area contributed by atoms with Crippen LogP contribution in [0.15, 0.2) is 30.5 Å². The van der Waals surface area contributed by atoms with Crippen molar-refractivity contribution in [2.75, 3.05) is 0 Å². The SMILES string of the molecule is CC(C)(C)C[C@@H](c1c[nH]c2ccccc12)[C@H](N)C(=O)O. The van der Waals surface area contributed by atoms with Gasteiger partial charge in [-0.2, -0.15) is 0 Å². The molecule has 1 heterocycles. The second-order valence-electron chi connectivity index (χ2n) is 6.52. The molecule has 0 spiro atoms. The summed E-state index contributed by atoms with van der Waals surface area (Å²) in [6, 6.07) is 7.01. The predicted octanol–water partition coefficient (Wildman–Crippen LogP) is 3.10. The van der Waals surface area contributed by atoms with Crippen LogP contribution in [0.2, 0.25) is 0 Å². The molecule has 4 N–H and O–H groups in total. The van der Waals surface area contributed by atoms with Crippen molar-refractivity contribution in [1.82, 2.24) is 4.98 Å². The van der Waals surface area contributed by atoms with Crippen molar-refractivity contribution in [2.24, 2.45) is 11.1 Å². The first kappa shape index (κ1) is 14.6. The number of nitrogens with two attached hydrogens (primary N) is 1. The summed E-state index contributed by atoms with van der Waals surface area (Å²) in [5.41, 5.74) is 7.95. The van der Waals surface area contributed by atoms with Gasteiger partial charge < -0.3 is 15.8 Å². The lowest BCUT2D eigenvalue weighted by molar-refractivity contribution is -0.139. The maximum absolute atomic E-state index is 11.3. The van der Waals surface area contributed by atoms with Gasteiger partial charge in [0.25, 0.3) is 0 Å². The summed E-state index contributed by atoms with van der Waals surface area (Å²) in [4.78, 5) is 14.5. The minimum Gasteiger partial charge on any atom is -0.480 e. The van der Waals surface area contributed by atoms with Crippen LogP contribution < -0.4 is 5.73 Å². The van der Waals surface area contributed by atoms with Crippen molar-refractivity contribution in [3.63, 3.8) is 0 Å². The van der Waals surface area contributed by atoms with Gasteiger partial charge >= 0.3 is 5.97 Å². The van der Waals surface area contributed by atoms with Gasteiger partial charge in [0.15, 0.2) is 0 Å². The van der Waals surface area contributed by atoms with Gasteiger partial charge in [-0.15, -0.1) is 0 Å². The van der Waals surface area contributed by atoms with Gasteiger partial charge in [-0.3, -0.25) is 4.79 Å². The van der Waals surface area contributed by atoms with E-state index in [0.717, 1.165) is 22.9 Å². The number of aromatic nitrogens is 1. The number of hydrogen-bond acceptors (Lipinski definition) is 2. The lowest BCUT2D eigenvalue weighted by atomic mass is 9.78. The molecule has 4 nitrogen and oxygen atoms in total. The van der Waals surface area contributed by atoms with E-state index in [1.165, 1.54) is 0 Å². The van der Waals surface area contributed by atoms with Gasteiger partial charge in [-0.25, -0.2) is 0 Å².